The predicted molar refractivity (Wildman–Crippen MR) is 115 cm³/mol. The van der Waals surface area contributed by atoms with Crippen LogP contribution in [0.5, 0.6) is 0 Å². The average molecular weight is 389 g/mol. The maximum Gasteiger partial charge on any atom is 0.293 e. The van der Waals surface area contributed by atoms with Gasteiger partial charge in [0.2, 0.25) is 0 Å². The minimum Gasteiger partial charge on any atom is -0.497 e. The highest BCUT2D eigenvalue weighted by Crippen LogP contribution is 2.25. The molecule has 154 valence electrons. The highest BCUT2D eigenvalue weighted by atomic mass is 19.1. The Kier molecular flexibility index (Phi) is 12.3. The molecule has 0 radical (unpaired) electrons. The molecule has 0 aliphatic heterocycles. The Morgan fingerprint density at radius 1 is 1.07 bits per heavy atom. The molecule has 0 aromatic rings. The summed E-state index contributed by atoms with van der Waals surface area (Å²) in [4.78, 5) is 10.3. The van der Waals surface area contributed by atoms with Crippen molar-refractivity contribution in [3.05, 3.63) is 84.5 Å². The molecule has 0 aliphatic rings. The van der Waals surface area contributed by atoms with Gasteiger partial charge in [0.15, 0.2) is 0 Å². The average Bonchev–Trinajstić information content (AvgIpc) is 2.69. The van der Waals surface area contributed by atoms with Crippen LogP contribution in [0, 0.1) is 11.8 Å². The van der Waals surface area contributed by atoms with Crippen molar-refractivity contribution in [1.82, 2.24) is 0 Å². The van der Waals surface area contributed by atoms with Crippen LogP contribution in [0.1, 0.15) is 33.6 Å². The summed E-state index contributed by atoms with van der Waals surface area (Å²) in [7, 11) is 1.49. The minimum absolute atomic E-state index is 0.119. The van der Waals surface area contributed by atoms with Crippen molar-refractivity contribution in [2.24, 2.45) is 11.8 Å². The minimum atomic E-state index is -0.433. The van der Waals surface area contributed by atoms with E-state index in [0.29, 0.717) is 46.9 Å². The summed E-state index contributed by atoms with van der Waals surface area (Å²) in [5.74, 6) is 0.308. The SMILES string of the molecule is C=C(/C=C(/CCOC=O)C(=C)OC)C(=C)/C=C(/F)C(=C)C(C)/C=C\C(C)CC. The Labute approximate surface area is 169 Å². The van der Waals surface area contributed by atoms with E-state index in [0.717, 1.165) is 6.42 Å². The number of carbonyl (C=O) groups excluding carboxylic acids is 1. The molecule has 28 heavy (non-hydrogen) atoms. The molecule has 0 aliphatic carbocycles. The van der Waals surface area contributed by atoms with Gasteiger partial charge in [-0.05, 0) is 40.4 Å². The summed E-state index contributed by atoms with van der Waals surface area (Å²) in [6, 6.07) is 0. The first-order valence-electron chi connectivity index (χ1n) is 9.29. The van der Waals surface area contributed by atoms with Crippen LogP contribution in [0.25, 0.3) is 0 Å². The number of ether oxygens (including phenoxy) is 2. The highest BCUT2D eigenvalue weighted by molar-refractivity contribution is 5.49. The normalized spacial score (nSPS) is 14.3. The van der Waals surface area contributed by atoms with Crippen LogP contribution < -0.4 is 0 Å². The van der Waals surface area contributed by atoms with Crippen molar-refractivity contribution < 1.29 is 18.7 Å². The van der Waals surface area contributed by atoms with Crippen LogP contribution in [0.15, 0.2) is 84.5 Å². The standard InChI is InChI=1S/C24H33FO3/c1-9-17(2)10-11-18(3)21(6)24(25)15-20(5)19(4)14-23(22(7)27-8)12-13-28-16-26/h10-11,14-18H,4-7,9,12-13H2,1-3,8H3/b11-10-,23-14-,24-15+. The van der Waals surface area contributed by atoms with Crippen molar-refractivity contribution in [2.45, 2.75) is 33.6 Å². The van der Waals surface area contributed by atoms with Gasteiger partial charge in [-0.1, -0.05) is 65.7 Å². The Bertz CT molecular complexity index is 680. The van der Waals surface area contributed by atoms with E-state index in [1.54, 1.807) is 6.08 Å². The molecule has 0 saturated heterocycles. The second-order valence-corrected chi connectivity index (χ2v) is 6.64. The van der Waals surface area contributed by atoms with E-state index in [2.05, 4.69) is 46.2 Å². The van der Waals surface area contributed by atoms with Crippen LogP contribution in [0.3, 0.4) is 0 Å². The summed E-state index contributed by atoms with van der Waals surface area (Å²) in [5, 5.41) is 0. The number of halogens is 1. The van der Waals surface area contributed by atoms with Gasteiger partial charge in [0, 0.05) is 12.3 Å². The molecule has 0 fully saturated rings. The number of rotatable bonds is 14. The molecule has 4 heteroatoms. The lowest BCUT2D eigenvalue weighted by atomic mass is 9.96. The van der Waals surface area contributed by atoms with Gasteiger partial charge in [0.1, 0.15) is 11.6 Å². The van der Waals surface area contributed by atoms with E-state index in [4.69, 9.17) is 9.47 Å². The summed E-state index contributed by atoms with van der Waals surface area (Å²) in [6.07, 6.45) is 8.49. The van der Waals surface area contributed by atoms with Gasteiger partial charge in [0.25, 0.3) is 6.47 Å². The lowest BCUT2D eigenvalue weighted by molar-refractivity contribution is -0.128. The number of hydrogen-bond acceptors (Lipinski definition) is 3. The Morgan fingerprint density at radius 3 is 2.21 bits per heavy atom. The zero-order valence-corrected chi connectivity index (χ0v) is 17.6. The number of carbonyl (C=O) groups is 1. The molecule has 0 bridgehead atoms. The second-order valence-electron chi connectivity index (χ2n) is 6.64. The largest absolute Gasteiger partial charge is 0.497 e. The van der Waals surface area contributed by atoms with Gasteiger partial charge in [-0.15, -0.1) is 0 Å². The van der Waals surface area contributed by atoms with Gasteiger partial charge < -0.3 is 9.47 Å². The molecule has 3 nitrogen and oxygen atoms in total. The highest BCUT2D eigenvalue weighted by Gasteiger charge is 2.11. The first kappa shape index (κ1) is 25.4. The van der Waals surface area contributed by atoms with Crippen LogP contribution in [-0.4, -0.2) is 20.2 Å². The van der Waals surface area contributed by atoms with Crippen molar-refractivity contribution >= 4 is 6.47 Å². The Balaban J connectivity index is 5.23. The molecule has 0 saturated carbocycles. The van der Waals surface area contributed by atoms with E-state index < -0.39 is 5.83 Å². The third-order valence-corrected chi connectivity index (χ3v) is 4.45. The molecular weight excluding hydrogens is 355 g/mol. The monoisotopic (exact) mass is 388 g/mol. The van der Waals surface area contributed by atoms with Gasteiger partial charge >= 0.3 is 0 Å². The van der Waals surface area contributed by atoms with Gasteiger partial charge in [-0.2, -0.15) is 0 Å². The van der Waals surface area contributed by atoms with Gasteiger partial charge in [-0.3, -0.25) is 4.79 Å². The van der Waals surface area contributed by atoms with Crippen LogP contribution in [-0.2, 0) is 14.3 Å². The molecule has 0 N–H and O–H groups in total. The lowest BCUT2D eigenvalue weighted by Crippen LogP contribution is -2.00. The fourth-order valence-electron chi connectivity index (χ4n) is 2.11. The summed E-state index contributed by atoms with van der Waals surface area (Å²) in [6.45, 7) is 22.1. The van der Waals surface area contributed by atoms with Gasteiger partial charge in [0.05, 0.1) is 13.7 Å². The smallest absolute Gasteiger partial charge is 0.293 e. The molecule has 2 atom stereocenters. The summed E-state index contributed by atoms with van der Waals surface area (Å²) < 4.78 is 24.4. The van der Waals surface area contributed by atoms with Crippen LogP contribution in [0.2, 0.25) is 0 Å². The molecule has 0 spiro atoms. The molecule has 2 unspecified atom stereocenters. The Morgan fingerprint density at radius 2 is 1.68 bits per heavy atom. The first-order valence-corrected chi connectivity index (χ1v) is 9.29. The van der Waals surface area contributed by atoms with Crippen molar-refractivity contribution in [1.29, 1.82) is 0 Å². The topological polar surface area (TPSA) is 35.5 Å². The fraction of sp³-hybridized carbons (Fsp3) is 0.375. The Hall–Kier alpha value is -2.62. The molecule has 0 rings (SSSR count). The van der Waals surface area contributed by atoms with E-state index in [1.165, 1.54) is 13.2 Å². The van der Waals surface area contributed by atoms with E-state index in [1.807, 2.05) is 13.0 Å². The first-order chi connectivity index (χ1) is 13.2. The quantitative estimate of drug-likeness (QED) is 0.114. The fourth-order valence-corrected chi connectivity index (χ4v) is 2.11. The van der Waals surface area contributed by atoms with Crippen molar-refractivity contribution in [2.75, 3.05) is 13.7 Å². The number of allylic oxidation sites excluding steroid dienone is 9. The molecular formula is C24H33FO3. The zero-order chi connectivity index (χ0) is 21.7. The third kappa shape index (κ3) is 9.36. The third-order valence-electron chi connectivity index (χ3n) is 4.45. The second kappa shape index (κ2) is 13.5. The van der Waals surface area contributed by atoms with Gasteiger partial charge in [-0.25, -0.2) is 4.39 Å². The molecule has 0 aromatic heterocycles. The summed E-state index contributed by atoms with van der Waals surface area (Å²) >= 11 is 0. The molecule has 0 amide bonds. The van der Waals surface area contributed by atoms with E-state index >= 15 is 0 Å². The van der Waals surface area contributed by atoms with E-state index in [-0.39, 0.29) is 12.5 Å². The summed E-state index contributed by atoms with van der Waals surface area (Å²) in [5.41, 5.74) is 1.99. The lowest BCUT2D eigenvalue weighted by Gasteiger charge is -2.12. The van der Waals surface area contributed by atoms with Crippen molar-refractivity contribution in [3.8, 4) is 0 Å². The predicted octanol–water partition coefficient (Wildman–Crippen LogP) is 6.40. The molecule has 0 aromatic carbocycles. The maximum absolute atomic E-state index is 14.6. The molecule has 0 heterocycles. The maximum atomic E-state index is 14.6. The number of hydrogen-bond donors (Lipinski definition) is 0. The van der Waals surface area contributed by atoms with E-state index in [9.17, 15) is 9.18 Å². The van der Waals surface area contributed by atoms with Crippen LogP contribution in [0.4, 0.5) is 4.39 Å². The zero-order valence-electron chi connectivity index (χ0n) is 17.6. The number of methoxy groups -OCH3 is 1. The van der Waals surface area contributed by atoms with Crippen molar-refractivity contribution in [3.63, 3.8) is 0 Å². The van der Waals surface area contributed by atoms with Crippen LogP contribution >= 0.6 is 0 Å².